The summed E-state index contributed by atoms with van der Waals surface area (Å²) in [5, 5.41) is 34.2. The minimum Gasteiger partial charge on any atom is -0.756 e. The van der Waals surface area contributed by atoms with E-state index in [1.807, 2.05) is 42.5 Å². The molecule has 48 heavy (non-hydrogen) atoms. The molecule has 0 radical (unpaired) electrons. The zero-order chi connectivity index (χ0) is 34.1. The molecule has 2 aromatic heterocycles. The molecule has 0 aliphatic carbocycles. The van der Waals surface area contributed by atoms with E-state index >= 15 is 0 Å². The molecule has 1 unspecified atom stereocenters. The van der Waals surface area contributed by atoms with E-state index < -0.39 is 44.9 Å². The van der Waals surface area contributed by atoms with E-state index in [0.29, 0.717) is 44.5 Å². The molecule has 1 aliphatic heterocycles. The fourth-order valence-corrected chi connectivity index (χ4v) is 6.15. The fraction of sp³-hybridized carbons (Fsp3) is 0.406. The van der Waals surface area contributed by atoms with Gasteiger partial charge in [-0.05, 0) is 48.1 Å². The normalized spacial score (nSPS) is 20.5. The highest BCUT2D eigenvalue weighted by atomic mass is 31.2. The van der Waals surface area contributed by atoms with Crippen molar-refractivity contribution in [2.24, 2.45) is 5.73 Å². The number of rotatable bonds is 17. The van der Waals surface area contributed by atoms with Crippen molar-refractivity contribution < 1.29 is 47.6 Å². The van der Waals surface area contributed by atoms with Crippen molar-refractivity contribution in [2.75, 3.05) is 13.2 Å². The zero-order valence-electron chi connectivity index (χ0n) is 26.2. The molecule has 5 atom stereocenters. The number of hydrogen-bond acceptors (Lipinski definition) is 11. The number of nitrogens with zero attached hydrogens (tertiary/aromatic N) is 4. The van der Waals surface area contributed by atoms with Gasteiger partial charge in [-0.25, -0.2) is 0 Å². The Balaban J connectivity index is 0.956. The van der Waals surface area contributed by atoms with Crippen LogP contribution in [0.2, 0.25) is 0 Å². The quantitative estimate of drug-likeness (QED) is 0.0702. The van der Waals surface area contributed by atoms with Crippen molar-refractivity contribution in [3.63, 3.8) is 0 Å². The van der Waals surface area contributed by atoms with Crippen LogP contribution in [0.1, 0.15) is 53.5 Å². The molecule has 4 aromatic rings. The first-order valence-electron chi connectivity index (χ1n) is 15.6. The van der Waals surface area contributed by atoms with Gasteiger partial charge in [0.1, 0.15) is 17.8 Å². The van der Waals surface area contributed by atoms with Crippen LogP contribution in [0.25, 0.3) is 10.8 Å². The first-order chi connectivity index (χ1) is 23.1. The second-order valence-corrected chi connectivity index (χ2v) is 12.9. The average Bonchev–Trinajstić information content (AvgIpc) is 3.66. The van der Waals surface area contributed by atoms with Crippen LogP contribution >= 0.6 is 7.82 Å². The molecule has 16 heteroatoms. The number of nitrogens with two attached hydrogens (primary N) is 1. The molecule has 3 heterocycles. The van der Waals surface area contributed by atoms with Crippen LogP contribution < -0.4 is 20.5 Å². The molecule has 1 aliphatic rings. The minimum atomic E-state index is -4.75. The molecule has 15 nitrogen and oxygen atoms in total. The number of phosphoric acid groups is 1. The largest absolute Gasteiger partial charge is 0.756 e. The number of carbonyl (C=O) groups is 2. The van der Waals surface area contributed by atoms with Crippen molar-refractivity contribution >= 4 is 30.4 Å². The van der Waals surface area contributed by atoms with Gasteiger partial charge in [-0.3, -0.25) is 18.8 Å². The number of aliphatic hydroxyl groups is 2. The number of carbonyl (C=O) groups excluding carboxylic acids is 2. The van der Waals surface area contributed by atoms with Crippen LogP contribution in [0.4, 0.5) is 0 Å². The van der Waals surface area contributed by atoms with Crippen LogP contribution in [-0.4, -0.2) is 68.5 Å². The maximum absolute atomic E-state index is 12.4. The number of amides is 2. The molecular weight excluding hydrogens is 643 g/mol. The van der Waals surface area contributed by atoms with Crippen molar-refractivity contribution in [3.8, 4) is 0 Å². The number of aromatic nitrogens is 4. The van der Waals surface area contributed by atoms with Crippen LogP contribution in [0.5, 0.6) is 0 Å². The number of ether oxygens (including phenoxy) is 1. The Kier molecular flexibility index (Phi) is 12.0. The third-order valence-corrected chi connectivity index (χ3v) is 8.91. The van der Waals surface area contributed by atoms with E-state index in [1.165, 1.54) is 29.1 Å². The number of aryl methyl sites for hydroxylation is 2. The number of phosphoric ester groups is 1. The third kappa shape index (κ3) is 9.51. The molecule has 0 spiro atoms. The number of unbranched alkanes of at least 4 members (excludes halogenated alkanes) is 1. The number of fused-ring (bicyclic) bond motifs is 1. The highest BCUT2D eigenvalue weighted by molar-refractivity contribution is 7.45. The molecule has 256 valence electrons. The van der Waals surface area contributed by atoms with Gasteiger partial charge in [0.2, 0.25) is 5.91 Å². The molecule has 2 aromatic carbocycles. The number of benzene rings is 2. The molecule has 2 amide bonds. The molecule has 1 saturated heterocycles. The van der Waals surface area contributed by atoms with Crippen LogP contribution in [0, 0.1) is 0 Å². The third-order valence-electron chi connectivity index (χ3n) is 7.94. The summed E-state index contributed by atoms with van der Waals surface area (Å²) in [5.74, 6) is -0.699. The summed E-state index contributed by atoms with van der Waals surface area (Å²) in [4.78, 5) is 36.1. The summed E-state index contributed by atoms with van der Waals surface area (Å²) in [7, 11) is -4.75. The number of hydrogen-bond donors (Lipinski definition) is 4. The Morgan fingerprint density at radius 2 is 1.88 bits per heavy atom. The van der Waals surface area contributed by atoms with Crippen LogP contribution in [0.15, 0.2) is 73.2 Å². The number of aliphatic hydroxyl groups excluding tert-OH is 2. The number of pyridine rings is 1. The van der Waals surface area contributed by atoms with Gasteiger partial charge in [0, 0.05) is 31.8 Å². The topological polar surface area (TPSA) is 215 Å². The van der Waals surface area contributed by atoms with Gasteiger partial charge < -0.3 is 39.9 Å². The summed E-state index contributed by atoms with van der Waals surface area (Å²) in [5.41, 5.74) is 7.19. The van der Waals surface area contributed by atoms with Crippen LogP contribution in [0.3, 0.4) is 0 Å². The SMILES string of the molecule is NC(=O)c1ccc[n+]([C@@H]2O[C@H](COP(=O)([O-])OCCCc3cn(CCCCC(=O)NCc4cccc5ccccc45)nn3)[C@@H](O)[C@H]2O)c1. The lowest BCUT2D eigenvalue weighted by Crippen LogP contribution is -2.46. The first-order valence-corrected chi connectivity index (χ1v) is 17.1. The second-order valence-electron chi connectivity index (χ2n) is 11.5. The summed E-state index contributed by atoms with van der Waals surface area (Å²) in [6.07, 6.45) is 2.03. The molecule has 5 rings (SSSR count). The van der Waals surface area contributed by atoms with Gasteiger partial charge in [-0.2, -0.15) is 4.57 Å². The molecular formula is C32H39N6O9P. The van der Waals surface area contributed by atoms with Gasteiger partial charge in [0.15, 0.2) is 18.5 Å². The Labute approximate surface area is 276 Å². The standard InChI is InChI=1S/C32H39N6O9P/c33-31(42)24-11-6-15-37(19-24)32-30(41)29(40)27(47-32)21-46-48(43,44)45-17-7-12-25-20-38(36-35-25)16-4-3-14-28(39)34-18-23-10-5-9-22-8-1-2-13-26(22)23/h1-2,5-6,8-11,13,15,19-20,27,29-30,32,40-41H,3-4,7,12,14,16-18,21H2,(H3-,33,34,39,42,43,44)/t27-,29-,30-,32-/m1/s1. The van der Waals surface area contributed by atoms with Crippen molar-refractivity contribution in [1.82, 2.24) is 20.3 Å². The maximum Gasteiger partial charge on any atom is 0.292 e. The van der Waals surface area contributed by atoms with Gasteiger partial charge in [0.05, 0.1) is 18.9 Å². The number of nitrogens with one attached hydrogen (secondary N) is 1. The van der Waals surface area contributed by atoms with E-state index in [2.05, 4.69) is 15.6 Å². The highest BCUT2D eigenvalue weighted by Gasteiger charge is 2.48. The zero-order valence-corrected chi connectivity index (χ0v) is 27.1. The Morgan fingerprint density at radius 1 is 1.06 bits per heavy atom. The van der Waals surface area contributed by atoms with Crippen LogP contribution in [-0.2, 0) is 42.7 Å². The van der Waals surface area contributed by atoms with E-state index in [-0.39, 0.29) is 18.1 Å². The first kappa shape index (κ1) is 35.2. The molecule has 5 N–H and O–H groups in total. The van der Waals surface area contributed by atoms with E-state index in [9.17, 15) is 29.3 Å². The monoisotopic (exact) mass is 682 g/mol. The van der Waals surface area contributed by atoms with E-state index in [0.717, 1.165) is 22.8 Å². The smallest absolute Gasteiger partial charge is 0.292 e. The Bertz CT molecular complexity index is 1750. The van der Waals surface area contributed by atoms with E-state index in [1.54, 1.807) is 10.9 Å². The lowest BCUT2D eigenvalue weighted by atomic mass is 10.0. The van der Waals surface area contributed by atoms with E-state index in [4.69, 9.17) is 19.5 Å². The highest BCUT2D eigenvalue weighted by Crippen LogP contribution is 2.40. The molecule has 0 saturated carbocycles. The average molecular weight is 683 g/mol. The fourth-order valence-electron chi connectivity index (χ4n) is 5.39. The predicted molar refractivity (Wildman–Crippen MR) is 169 cm³/mol. The van der Waals surface area contributed by atoms with Crippen molar-refractivity contribution in [1.29, 1.82) is 0 Å². The maximum atomic E-state index is 12.4. The van der Waals surface area contributed by atoms with Gasteiger partial charge >= 0.3 is 0 Å². The number of primary amides is 1. The summed E-state index contributed by atoms with van der Waals surface area (Å²) in [6.45, 7) is 0.300. The lowest BCUT2D eigenvalue weighted by Gasteiger charge is -2.24. The Hall–Kier alpha value is -4.08. The van der Waals surface area contributed by atoms with Crippen molar-refractivity contribution in [3.05, 3.63) is 90.0 Å². The Morgan fingerprint density at radius 3 is 2.71 bits per heavy atom. The molecule has 0 bridgehead atoms. The van der Waals surface area contributed by atoms with Gasteiger partial charge in [-0.1, -0.05) is 47.7 Å². The lowest BCUT2D eigenvalue weighted by molar-refractivity contribution is -0.765. The summed E-state index contributed by atoms with van der Waals surface area (Å²) in [6, 6.07) is 17.1. The van der Waals surface area contributed by atoms with Crippen molar-refractivity contribution in [2.45, 2.75) is 69.7 Å². The van der Waals surface area contributed by atoms with Gasteiger partial charge in [0.25, 0.3) is 20.0 Å². The minimum absolute atomic E-state index is 0.0121. The molecule has 1 fully saturated rings. The predicted octanol–water partition coefficient (Wildman–Crippen LogP) is 1.06. The summed E-state index contributed by atoms with van der Waals surface area (Å²) >= 11 is 0. The second kappa shape index (κ2) is 16.3. The van der Waals surface area contributed by atoms with Gasteiger partial charge in [-0.15, -0.1) is 5.10 Å². The summed E-state index contributed by atoms with van der Waals surface area (Å²) < 4.78 is 30.8.